The van der Waals surface area contributed by atoms with Gasteiger partial charge in [0.05, 0.1) is 22.0 Å². The number of hydrogen-bond donors (Lipinski definition) is 1. The standard InChI is InChI=1S/C16H16BrN3O4S2/c1-20(26(23,24)11-7-5-10(17)6-8-11)9-14(22)19-16-18-12-3-2-4-13(21)15(12)25-16/h5-8H,2-4,9H2,1H3,(H,18,19,22). The zero-order valence-corrected chi connectivity index (χ0v) is 17.1. The average Bonchev–Trinajstić information content (AvgIpc) is 2.99. The van der Waals surface area contributed by atoms with Crippen molar-refractivity contribution in [2.24, 2.45) is 0 Å². The summed E-state index contributed by atoms with van der Waals surface area (Å²) in [7, 11) is -2.43. The number of aromatic nitrogens is 1. The molecule has 1 aromatic carbocycles. The molecule has 0 saturated carbocycles. The van der Waals surface area contributed by atoms with Crippen molar-refractivity contribution < 1.29 is 18.0 Å². The third-order valence-electron chi connectivity index (χ3n) is 3.90. The number of amides is 1. The molecular formula is C16H16BrN3O4S2. The van der Waals surface area contributed by atoms with Crippen molar-refractivity contribution in [3.63, 3.8) is 0 Å². The summed E-state index contributed by atoms with van der Waals surface area (Å²) in [5.41, 5.74) is 0.706. The molecule has 2 aromatic rings. The molecule has 0 aliphatic heterocycles. The number of aryl methyl sites for hydroxylation is 1. The number of fused-ring (bicyclic) bond motifs is 1. The van der Waals surface area contributed by atoms with E-state index in [1.54, 1.807) is 12.1 Å². The van der Waals surface area contributed by atoms with Gasteiger partial charge in [0.2, 0.25) is 15.9 Å². The number of ketones is 1. The van der Waals surface area contributed by atoms with E-state index in [0.29, 0.717) is 28.5 Å². The Morgan fingerprint density at radius 1 is 1.31 bits per heavy atom. The summed E-state index contributed by atoms with van der Waals surface area (Å²) in [5.74, 6) is -0.467. The molecule has 1 aliphatic carbocycles. The van der Waals surface area contributed by atoms with Crippen molar-refractivity contribution in [3.8, 4) is 0 Å². The predicted molar refractivity (Wildman–Crippen MR) is 102 cm³/mol. The summed E-state index contributed by atoms with van der Waals surface area (Å²) in [6.07, 6.45) is 1.97. The van der Waals surface area contributed by atoms with Gasteiger partial charge in [-0.25, -0.2) is 13.4 Å². The van der Waals surface area contributed by atoms with E-state index in [0.717, 1.165) is 26.5 Å². The lowest BCUT2D eigenvalue weighted by molar-refractivity contribution is -0.116. The van der Waals surface area contributed by atoms with Gasteiger partial charge in [-0.15, -0.1) is 0 Å². The Balaban J connectivity index is 1.68. The molecule has 0 unspecified atom stereocenters. The maximum Gasteiger partial charge on any atom is 0.243 e. The number of carbonyl (C=O) groups excluding carboxylic acids is 2. The number of rotatable bonds is 5. The van der Waals surface area contributed by atoms with Crippen LogP contribution in [0.15, 0.2) is 33.6 Å². The zero-order chi connectivity index (χ0) is 18.9. The van der Waals surface area contributed by atoms with Crippen LogP contribution in [0.5, 0.6) is 0 Å². The van der Waals surface area contributed by atoms with Crippen molar-refractivity contribution in [2.45, 2.75) is 24.2 Å². The molecule has 0 atom stereocenters. The lowest BCUT2D eigenvalue weighted by Crippen LogP contribution is -2.34. The number of Topliss-reactive ketones (excluding diaryl/α,β-unsaturated/α-hetero) is 1. The Morgan fingerprint density at radius 2 is 2.00 bits per heavy atom. The first-order valence-corrected chi connectivity index (χ1v) is 10.9. The first-order chi connectivity index (χ1) is 12.3. The van der Waals surface area contributed by atoms with Crippen LogP contribution in [-0.2, 0) is 21.2 Å². The lowest BCUT2D eigenvalue weighted by Gasteiger charge is -2.16. The molecule has 1 aliphatic rings. The Labute approximate surface area is 163 Å². The highest BCUT2D eigenvalue weighted by molar-refractivity contribution is 9.10. The Hall–Kier alpha value is -1.62. The number of nitrogens with one attached hydrogen (secondary N) is 1. The fourth-order valence-corrected chi connectivity index (χ4v) is 4.94. The second-order valence-corrected chi connectivity index (χ2v) is 9.79. The SMILES string of the molecule is CN(CC(=O)Nc1nc2c(s1)C(=O)CCC2)S(=O)(=O)c1ccc(Br)cc1. The molecular weight excluding hydrogens is 442 g/mol. The van der Waals surface area contributed by atoms with Crippen molar-refractivity contribution in [2.75, 3.05) is 18.9 Å². The van der Waals surface area contributed by atoms with Gasteiger partial charge in [0.1, 0.15) is 0 Å². The summed E-state index contributed by atoms with van der Waals surface area (Å²) in [5, 5.41) is 2.91. The summed E-state index contributed by atoms with van der Waals surface area (Å²) in [4.78, 5) is 29.0. The minimum atomic E-state index is -3.77. The van der Waals surface area contributed by atoms with Gasteiger partial charge in [-0.3, -0.25) is 9.59 Å². The quantitative estimate of drug-likeness (QED) is 0.744. The van der Waals surface area contributed by atoms with Gasteiger partial charge in [0, 0.05) is 17.9 Å². The molecule has 26 heavy (non-hydrogen) atoms. The van der Waals surface area contributed by atoms with Crippen LogP contribution < -0.4 is 5.32 Å². The second kappa shape index (κ2) is 7.55. The van der Waals surface area contributed by atoms with Crippen LogP contribution in [-0.4, -0.2) is 43.0 Å². The molecule has 0 saturated heterocycles. The van der Waals surface area contributed by atoms with Crippen molar-refractivity contribution in [1.29, 1.82) is 0 Å². The van der Waals surface area contributed by atoms with Gasteiger partial charge in [0.25, 0.3) is 0 Å². The number of thiazole rings is 1. The van der Waals surface area contributed by atoms with E-state index in [1.807, 2.05) is 0 Å². The first-order valence-electron chi connectivity index (χ1n) is 7.82. The fraction of sp³-hybridized carbons (Fsp3) is 0.312. The van der Waals surface area contributed by atoms with Gasteiger partial charge in [-0.2, -0.15) is 4.31 Å². The summed E-state index contributed by atoms with van der Waals surface area (Å²) < 4.78 is 26.8. The van der Waals surface area contributed by atoms with Gasteiger partial charge < -0.3 is 5.32 Å². The fourth-order valence-electron chi connectivity index (χ4n) is 2.55. The van der Waals surface area contributed by atoms with E-state index in [9.17, 15) is 18.0 Å². The molecule has 3 rings (SSSR count). The number of carbonyl (C=O) groups is 2. The Bertz CT molecular complexity index is 954. The monoisotopic (exact) mass is 457 g/mol. The Morgan fingerprint density at radius 3 is 2.65 bits per heavy atom. The minimum Gasteiger partial charge on any atom is -0.301 e. The third-order valence-corrected chi connectivity index (χ3v) is 7.30. The summed E-state index contributed by atoms with van der Waals surface area (Å²) >= 11 is 4.39. The number of likely N-dealkylation sites (N-methyl/N-ethyl adjacent to an activating group) is 1. The van der Waals surface area contributed by atoms with E-state index < -0.39 is 15.9 Å². The molecule has 10 heteroatoms. The van der Waals surface area contributed by atoms with Gasteiger partial charge in [0.15, 0.2) is 10.9 Å². The van der Waals surface area contributed by atoms with E-state index in [1.165, 1.54) is 19.2 Å². The van der Waals surface area contributed by atoms with Crippen LogP contribution >= 0.6 is 27.3 Å². The van der Waals surface area contributed by atoms with Crippen LogP contribution in [0.4, 0.5) is 5.13 Å². The maximum atomic E-state index is 12.5. The number of halogens is 1. The van der Waals surface area contributed by atoms with Crippen LogP contribution in [0.25, 0.3) is 0 Å². The molecule has 0 fully saturated rings. The smallest absolute Gasteiger partial charge is 0.243 e. The number of hydrogen-bond acceptors (Lipinski definition) is 6. The minimum absolute atomic E-state index is 0.0409. The van der Waals surface area contributed by atoms with E-state index in [2.05, 4.69) is 26.2 Å². The maximum absolute atomic E-state index is 12.5. The van der Waals surface area contributed by atoms with Crippen molar-refractivity contribution in [1.82, 2.24) is 9.29 Å². The molecule has 0 bridgehead atoms. The highest BCUT2D eigenvalue weighted by atomic mass is 79.9. The normalized spacial score (nSPS) is 14.3. The molecule has 0 spiro atoms. The molecule has 138 valence electrons. The van der Waals surface area contributed by atoms with Crippen LogP contribution in [0.3, 0.4) is 0 Å². The Kier molecular flexibility index (Phi) is 5.56. The number of sulfonamides is 1. The lowest BCUT2D eigenvalue weighted by atomic mass is 10.0. The molecule has 1 aromatic heterocycles. The summed E-state index contributed by atoms with van der Waals surface area (Å²) in [6.45, 7) is -0.351. The highest BCUT2D eigenvalue weighted by Crippen LogP contribution is 2.29. The van der Waals surface area contributed by atoms with E-state index in [-0.39, 0.29) is 17.2 Å². The van der Waals surface area contributed by atoms with Crippen molar-refractivity contribution in [3.05, 3.63) is 39.3 Å². The second-order valence-electron chi connectivity index (χ2n) is 5.83. The van der Waals surface area contributed by atoms with Crippen LogP contribution in [0, 0.1) is 0 Å². The van der Waals surface area contributed by atoms with E-state index >= 15 is 0 Å². The van der Waals surface area contributed by atoms with Gasteiger partial charge in [-0.05, 0) is 37.1 Å². The molecule has 1 amide bonds. The van der Waals surface area contributed by atoms with Gasteiger partial charge in [-0.1, -0.05) is 27.3 Å². The molecule has 0 radical (unpaired) electrons. The number of nitrogens with zero attached hydrogens (tertiary/aromatic N) is 2. The highest BCUT2D eigenvalue weighted by Gasteiger charge is 2.25. The van der Waals surface area contributed by atoms with Gasteiger partial charge >= 0.3 is 0 Å². The first kappa shape index (κ1) is 19.2. The molecule has 1 N–H and O–H groups in total. The molecule has 7 nitrogen and oxygen atoms in total. The largest absolute Gasteiger partial charge is 0.301 e. The molecule has 1 heterocycles. The number of anilines is 1. The summed E-state index contributed by atoms with van der Waals surface area (Å²) in [6, 6.07) is 6.18. The van der Waals surface area contributed by atoms with Crippen LogP contribution in [0.2, 0.25) is 0 Å². The van der Waals surface area contributed by atoms with E-state index in [4.69, 9.17) is 0 Å². The zero-order valence-electron chi connectivity index (χ0n) is 13.9. The average molecular weight is 458 g/mol. The third kappa shape index (κ3) is 4.03. The topological polar surface area (TPSA) is 96.4 Å². The van der Waals surface area contributed by atoms with Crippen LogP contribution in [0.1, 0.15) is 28.2 Å². The van der Waals surface area contributed by atoms with Crippen molar-refractivity contribution >= 4 is 54.1 Å². The predicted octanol–water partition coefficient (Wildman–Crippen LogP) is 2.68. The number of benzene rings is 1.